The van der Waals surface area contributed by atoms with Gasteiger partial charge in [-0.3, -0.25) is 10.1 Å². The van der Waals surface area contributed by atoms with Crippen LogP contribution in [0.1, 0.15) is 19.8 Å². The second-order valence-corrected chi connectivity index (χ2v) is 7.23. The lowest BCUT2D eigenvalue weighted by molar-refractivity contribution is -0.384. The van der Waals surface area contributed by atoms with E-state index in [4.69, 9.17) is 0 Å². The molecule has 0 spiro atoms. The predicted molar refractivity (Wildman–Crippen MR) is 87.0 cm³/mol. The number of hydrogen-bond donors (Lipinski definition) is 1. The highest BCUT2D eigenvalue weighted by Gasteiger charge is 2.30. The first-order valence-corrected chi connectivity index (χ1v) is 7.98. The van der Waals surface area contributed by atoms with Gasteiger partial charge in [-0.2, -0.15) is 11.8 Å². The van der Waals surface area contributed by atoms with Crippen LogP contribution in [0.4, 0.5) is 11.4 Å². The molecular weight excluding hydrogens is 286 g/mol. The van der Waals surface area contributed by atoms with Crippen LogP contribution in [0.3, 0.4) is 0 Å². The van der Waals surface area contributed by atoms with E-state index in [-0.39, 0.29) is 15.4 Å². The van der Waals surface area contributed by atoms with E-state index in [1.807, 2.05) is 36.0 Å². The van der Waals surface area contributed by atoms with Gasteiger partial charge >= 0.3 is 5.69 Å². The number of fused-ring (bicyclic) bond motifs is 1. The van der Waals surface area contributed by atoms with Crippen LogP contribution in [-0.2, 0) is 0 Å². The minimum Gasteiger partial charge on any atom is -0.377 e. The predicted octanol–water partition coefficient (Wildman–Crippen LogP) is 3.84. The summed E-state index contributed by atoms with van der Waals surface area (Å²) in [6.45, 7) is 2.94. The molecule has 0 saturated carbocycles. The van der Waals surface area contributed by atoms with E-state index in [2.05, 4.69) is 17.2 Å². The summed E-state index contributed by atoms with van der Waals surface area (Å²) in [4.78, 5) is 15.1. The molecule has 5 nitrogen and oxygen atoms in total. The third kappa shape index (κ3) is 2.81. The molecule has 1 N–H and O–H groups in total. The third-order valence-electron chi connectivity index (χ3n) is 3.89. The number of hydrogen-bond acceptors (Lipinski definition) is 5. The van der Waals surface area contributed by atoms with Gasteiger partial charge in [-0.05, 0) is 31.6 Å². The highest BCUT2D eigenvalue weighted by atomic mass is 32.2. The zero-order valence-corrected chi connectivity index (χ0v) is 12.7. The Morgan fingerprint density at radius 2 is 2.29 bits per heavy atom. The van der Waals surface area contributed by atoms with Crippen LogP contribution in [0.5, 0.6) is 0 Å². The molecule has 1 aliphatic rings. The van der Waals surface area contributed by atoms with Gasteiger partial charge in [0.1, 0.15) is 11.9 Å². The molecule has 1 atom stereocenters. The number of pyridine rings is 1. The summed E-state index contributed by atoms with van der Waals surface area (Å²) in [6.07, 6.45) is 3.69. The number of nitro groups is 1. The number of rotatable bonds is 4. The van der Waals surface area contributed by atoms with Gasteiger partial charge in [-0.25, -0.2) is 4.98 Å². The van der Waals surface area contributed by atoms with E-state index in [0.717, 1.165) is 29.6 Å². The molecular formula is C15H17N3O2S. The fraction of sp³-hybridized carbons (Fsp3) is 0.400. The van der Waals surface area contributed by atoms with E-state index >= 15 is 0 Å². The van der Waals surface area contributed by atoms with Gasteiger partial charge in [0.2, 0.25) is 0 Å². The fourth-order valence-electron chi connectivity index (χ4n) is 2.71. The average molecular weight is 303 g/mol. The quantitative estimate of drug-likeness (QED) is 0.686. The van der Waals surface area contributed by atoms with Crippen molar-refractivity contribution in [2.45, 2.75) is 24.5 Å². The second kappa shape index (κ2) is 5.52. The molecule has 1 unspecified atom stereocenters. The Bertz CT molecular complexity index is 684. The molecule has 1 aromatic heterocycles. The average Bonchev–Trinajstić information content (AvgIpc) is 2.91. The molecule has 0 aliphatic carbocycles. The fourth-order valence-corrected chi connectivity index (χ4v) is 3.95. The summed E-state index contributed by atoms with van der Waals surface area (Å²) in [7, 11) is 0. The second-order valence-electron chi connectivity index (χ2n) is 5.55. The van der Waals surface area contributed by atoms with Crippen LogP contribution in [-0.4, -0.2) is 27.0 Å². The van der Waals surface area contributed by atoms with Gasteiger partial charge in [0.05, 0.1) is 10.4 Å². The van der Waals surface area contributed by atoms with Crippen molar-refractivity contribution in [2.24, 2.45) is 0 Å². The molecule has 6 heteroatoms. The van der Waals surface area contributed by atoms with Crippen molar-refractivity contribution in [3.8, 4) is 0 Å². The minimum absolute atomic E-state index is 0.0419. The first-order valence-electron chi connectivity index (χ1n) is 6.99. The number of nitrogens with one attached hydrogen (secondary N) is 1. The topological polar surface area (TPSA) is 68.1 Å². The van der Waals surface area contributed by atoms with Crippen molar-refractivity contribution in [1.82, 2.24) is 4.98 Å². The molecule has 1 fully saturated rings. The van der Waals surface area contributed by atoms with Crippen molar-refractivity contribution in [1.29, 1.82) is 0 Å². The number of aromatic nitrogens is 1. The SMILES string of the molecule is CC1(CNc2c([N+](=O)[O-])cnc3ccccc23)CCCS1. The van der Waals surface area contributed by atoms with Crippen LogP contribution < -0.4 is 5.32 Å². The number of thioether (sulfide) groups is 1. The highest BCUT2D eigenvalue weighted by Crippen LogP contribution is 2.39. The normalized spacial score (nSPS) is 21.6. The van der Waals surface area contributed by atoms with E-state index in [9.17, 15) is 10.1 Å². The molecule has 21 heavy (non-hydrogen) atoms. The molecule has 0 bridgehead atoms. The summed E-state index contributed by atoms with van der Waals surface area (Å²) in [5, 5.41) is 15.4. The maximum Gasteiger partial charge on any atom is 0.311 e. The summed E-state index contributed by atoms with van der Waals surface area (Å²) >= 11 is 1.94. The zero-order chi connectivity index (χ0) is 14.9. The first kappa shape index (κ1) is 14.1. The highest BCUT2D eigenvalue weighted by molar-refractivity contribution is 8.00. The first-order chi connectivity index (χ1) is 10.1. The summed E-state index contributed by atoms with van der Waals surface area (Å²) < 4.78 is 0.151. The summed E-state index contributed by atoms with van der Waals surface area (Å²) in [6, 6.07) is 7.52. The Morgan fingerprint density at radius 3 is 3.00 bits per heavy atom. The summed E-state index contributed by atoms with van der Waals surface area (Å²) in [5.74, 6) is 1.16. The third-order valence-corrected chi connectivity index (χ3v) is 5.43. The molecule has 1 aromatic carbocycles. The zero-order valence-electron chi connectivity index (χ0n) is 11.8. The molecule has 1 aliphatic heterocycles. The van der Waals surface area contributed by atoms with Crippen molar-refractivity contribution in [3.63, 3.8) is 0 Å². The number of nitrogens with zero attached hydrogens (tertiary/aromatic N) is 2. The van der Waals surface area contributed by atoms with Gasteiger partial charge in [-0.1, -0.05) is 18.2 Å². The molecule has 2 heterocycles. The molecule has 2 aromatic rings. The molecule has 1 saturated heterocycles. The van der Waals surface area contributed by atoms with E-state index < -0.39 is 0 Å². The molecule has 0 amide bonds. The Labute approximate surface area is 127 Å². The molecule has 3 rings (SSSR count). The summed E-state index contributed by atoms with van der Waals surface area (Å²) in [5.41, 5.74) is 1.40. The standard InChI is InChI=1S/C15H17N3O2S/c1-15(7-4-8-21-15)10-17-14-11-5-2-3-6-12(11)16-9-13(14)18(19)20/h2-3,5-6,9H,4,7-8,10H2,1H3,(H,16,17). The maximum atomic E-state index is 11.3. The van der Waals surface area contributed by atoms with Crippen LogP contribution in [0.15, 0.2) is 30.5 Å². The lowest BCUT2D eigenvalue weighted by Gasteiger charge is -2.23. The monoisotopic (exact) mass is 303 g/mol. The molecule has 110 valence electrons. The van der Waals surface area contributed by atoms with Crippen molar-refractivity contribution in [3.05, 3.63) is 40.6 Å². The van der Waals surface area contributed by atoms with Crippen molar-refractivity contribution < 1.29 is 4.92 Å². The van der Waals surface area contributed by atoms with Crippen LogP contribution in [0.25, 0.3) is 10.9 Å². The number of benzene rings is 1. The lowest BCUT2D eigenvalue weighted by Crippen LogP contribution is -2.27. The number of anilines is 1. The Balaban J connectivity index is 1.98. The Morgan fingerprint density at radius 1 is 1.48 bits per heavy atom. The van der Waals surface area contributed by atoms with Gasteiger partial charge in [0.15, 0.2) is 0 Å². The van der Waals surface area contributed by atoms with Gasteiger partial charge in [-0.15, -0.1) is 0 Å². The van der Waals surface area contributed by atoms with E-state index in [0.29, 0.717) is 5.69 Å². The smallest absolute Gasteiger partial charge is 0.311 e. The Hall–Kier alpha value is -1.82. The van der Waals surface area contributed by atoms with Crippen molar-refractivity contribution >= 4 is 34.0 Å². The van der Waals surface area contributed by atoms with E-state index in [1.54, 1.807) is 0 Å². The van der Waals surface area contributed by atoms with Crippen LogP contribution in [0.2, 0.25) is 0 Å². The van der Waals surface area contributed by atoms with Crippen molar-refractivity contribution in [2.75, 3.05) is 17.6 Å². The molecule has 0 radical (unpaired) electrons. The van der Waals surface area contributed by atoms with Gasteiger partial charge < -0.3 is 5.32 Å². The van der Waals surface area contributed by atoms with Gasteiger partial charge in [0.25, 0.3) is 0 Å². The van der Waals surface area contributed by atoms with Gasteiger partial charge in [0, 0.05) is 16.7 Å². The van der Waals surface area contributed by atoms with Crippen LogP contribution in [0, 0.1) is 10.1 Å². The maximum absolute atomic E-state index is 11.3. The minimum atomic E-state index is -0.369. The largest absolute Gasteiger partial charge is 0.377 e. The van der Waals surface area contributed by atoms with E-state index in [1.165, 1.54) is 12.6 Å². The number of para-hydroxylation sites is 1. The lowest BCUT2D eigenvalue weighted by atomic mass is 10.1. The van der Waals surface area contributed by atoms with Crippen LogP contribution >= 0.6 is 11.8 Å². The Kier molecular flexibility index (Phi) is 3.71.